The number of nitriles is 1. The van der Waals surface area contributed by atoms with Crippen LogP contribution in [0.2, 0.25) is 0 Å². The Morgan fingerprint density at radius 3 is 2.36 bits per heavy atom. The summed E-state index contributed by atoms with van der Waals surface area (Å²) in [7, 11) is 0. The SMILES string of the molecule is N#C/C(C(=O)NCc1ccco1)=C1/S[C@@H](Cc2ccc(F)cc2)C(=O)N1c1ccc(F)cc1. The molecule has 1 atom stereocenters. The molecule has 6 nitrogen and oxygen atoms in total. The summed E-state index contributed by atoms with van der Waals surface area (Å²) in [5.74, 6) is -1.40. The zero-order valence-corrected chi connectivity index (χ0v) is 17.9. The van der Waals surface area contributed by atoms with Gasteiger partial charge in [-0.1, -0.05) is 23.9 Å². The number of hydrogen-bond acceptors (Lipinski definition) is 5. The van der Waals surface area contributed by atoms with Crippen LogP contribution in [0.1, 0.15) is 11.3 Å². The summed E-state index contributed by atoms with van der Waals surface area (Å²) in [5.41, 5.74) is 0.811. The van der Waals surface area contributed by atoms with Gasteiger partial charge in [0, 0.05) is 5.69 Å². The first kappa shape index (κ1) is 22.3. The second-order valence-corrected chi connectivity index (χ2v) is 8.33. The van der Waals surface area contributed by atoms with Crippen molar-refractivity contribution < 1.29 is 22.8 Å². The molecule has 3 aromatic rings. The molecule has 2 aromatic carbocycles. The Morgan fingerprint density at radius 1 is 1.09 bits per heavy atom. The molecule has 2 amide bonds. The molecule has 0 saturated carbocycles. The fraction of sp³-hybridized carbons (Fsp3) is 0.125. The number of rotatable bonds is 6. The summed E-state index contributed by atoms with van der Waals surface area (Å²) >= 11 is 1.07. The van der Waals surface area contributed by atoms with Crippen LogP contribution in [0, 0.1) is 23.0 Å². The molecule has 1 fully saturated rings. The third-order valence-corrected chi connectivity index (χ3v) is 6.19. The number of nitrogens with zero attached hydrogens (tertiary/aromatic N) is 2. The average Bonchev–Trinajstić information content (AvgIpc) is 3.44. The van der Waals surface area contributed by atoms with Gasteiger partial charge in [-0.3, -0.25) is 14.5 Å². The van der Waals surface area contributed by atoms with Crippen molar-refractivity contribution in [2.24, 2.45) is 0 Å². The molecule has 2 heterocycles. The van der Waals surface area contributed by atoms with Crippen LogP contribution in [-0.4, -0.2) is 17.1 Å². The van der Waals surface area contributed by atoms with Crippen molar-refractivity contribution in [2.45, 2.75) is 18.2 Å². The summed E-state index contributed by atoms with van der Waals surface area (Å²) in [6.07, 6.45) is 1.73. The molecule has 0 bridgehead atoms. The van der Waals surface area contributed by atoms with E-state index in [1.807, 2.05) is 6.07 Å². The van der Waals surface area contributed by atoms with Gasteiger partial charge in [0.2, 0.25) is 5.91 Å². The van der Waals surface area contributed by atoms with Crippen LogP contribution in [0.4, 0.5) is 14.5 Å². The van der Waals surface area contributed by atoms with Gasteiger partial charge in [-0.05, 0) is 60.5 Å². The molecule has 1 N–H and O–H groups in total. The maximum absolute atomic E-state index is 13.5. The fourth-order valence-corrected chi connectivity index (χ4v) is 4.62. The number of hydrogen-bond donors (Lipinski definition) is 1. The Bertz CT molecular complexity index is 1230. The third kappa shape index (κ3) is 4.96. The molecular formula is C24H17F2N3O3S. The van der Waals surface area contributed by atoms with E-state index in [2.05, 4.69) is 5.32 Å². The Morgan fingerprint density at radius 2 is 1.76 bits per heavy atom. The molecule has 4 rings (SSSR count). The minimum absolute atomic E-state index is 0.0679. The van der Waals surface area contributed by atoms with Gasteiger partial charge in [-0.15, -0.1) is 0 Å². The zero-order chi connectivity index (χ0) is 23.4. The maximum atomic E-state index is 13.5. The number of carbonyl (C=O) groups is 2. The molecule has 0 aliphatic carbocycles. The fourth-order valence-electron chi connectivity index (χ4n) is 3.32. The highest BCUT2D eigenvalue weighted by molar-refractivity contribution is 8.05. The predicted octanol–water partition coefficient (Wildman–Crippen LogP) is 4.30. The quantitative estimate of drug-likeness (QED) is 0.433. The topological polar surface area (TPSA) is 86.3 Å². The van der Waals surface area contributed by atoms with E-state index in [1.165, 1.54) is 47.6 Å². The molecule has 1 saturated heterocycles. The molecule has 1 aromatic heterocycles. The van der Waals surface area contributed by atoms with Crippen LogP contribution < -0.4 is 10.2 Å². The van der Waals surface area contributed by atoms with Crippen LogP contribution in [0.5, 0.6) is 0 Å². The minimum Gasteiger partial charge on any atom is -0.467 e. The van der Waals surface area contributed by atoms with E-state index in [0.29, 0.717) is 11.4 Å². The Kier molecular flexibility index (Phi) is 6.56. The molecule has 33 heavy (non-hydrogen) atoms. The van der Waals surface area contributed by atoms with Crippen LogP contribution in [0.25, 0.3) is 0 Å². The largest absolute Gasteiger partial charge is 0.467 e. The van der Waals surface area contributed by atoms with E-state index in [-0.39, 0.29) is 29.5 Å². The summed E-state index contributed by atoms with van der Waals surface area (Å²) < 4.78 is 31.9. The maximum Gasteiger partial charge on any atom is 0.265 e. The monoisotopic (exact) mass is 465 g/mol. The lowest BCUT2D eigenvalue weighted by molar-refractivity contribution is -0.117. The van der Waals surface area contributed by atoms with E-state index < -0.39 is 22.8 Å². The minimum atomic E-state index is -0.668. The lowest BCUT2D eigenvalue weighted by Crippen LogP contribution is -2.32. The van der Waals surface area contributed by atoms with E-state index in [0.717, 1.165) is 17.3 Å². The lowest BCUT2D eigenvalue weighted by Gasteiger charge is -2.18. The van der Waals surface area contributed by atoms with Gasteiger partial charge in [0.15, 0.2) is 0 Å². The lowest BCUT2D eigenvalue weighted by atomic mass is 10.1. The summed E-state index contributed by atoms with van der Waals surface area (Å²) in [5, 5.41) is 11.9. The molecule has 0 radical (unpaired) electrons. The highest BCUT2D eigenvalue weighted by atomic mass is 32.2. The number of furan rings is 1. The molecule has 9 heteroatoms. The van der Waals surface area contributed by atoms with Crippen molar-refractivity contribution in [1.82, 2.24) is 5.32 Å². The first-order chi connectivity index (χ1) is 16.0. The van der Waals surface area contributed by atoms with Crippen molar-refractivity contribution in [2.75, 3.05) is 4.90 Å². The van der Waals surface area contributed by atoms with Gasteiger partial charge in [0.25, 0.3) is 5.91 Å². The molecular weight excluding hydrogens is 448 g/mol. The van der Waals surface area contributed by atoms with Crippen molar-refractivity contribution in [3.8, 4) is 6.07 Å². The highest BCUT2D eigenvalue weighted by Gasteiger charge is 2.40. The van der Waals surface area contributed by atoms with Crippen molar-refractivity contribution in [3.05, 3.63) is 100 Å². The molecule has 1 aliphatic rings. The Labute approximate surface area is 192 Å². The van der Waals surface area contributed by atoms with Crippen molar-refractivity contribution >= 4 is 29.3 Å². The summed E-state index contributed by atoms with van der Waals surface area (Å²) in [6.45, 7) is 0.0679. The first-order valence-electron chi connectivity index (χ1n) is 9.92. The average molecular weight is 465 g/mol. The second-order valence-electron chi connectivity index (χ2n) is 7.14. The first-order valence-corrected chi connectivity index (χ1v) is 10.8. The summed E-state index contributed by atoms with van der Waals surface area (Å²) in [6, 6.07) is 16.2. The highest BCUT2D eigenvalue weighted by Crippen LogP contribution is 2.42. The van der Waals surface area contributed by atoms with Crippen molar-refractivity contribution in [1.29, 1.82) is 5.26 Å². The smallest absolute Gasteiger partial charge is 0.265 e. The van der Waals surface area contributed by atoms with Gasteiger partial charge in [-0.25, -0.2) is 8.78 Å². The number of thioether (sulfide) groups is 1. The van der Waals surface area contributed by atoms with E-state index in [1.54, 1.807) is 24.3 Å². The molecule has 0 spiro atoms. The van der Waals surface area contributed by atoms with Gasteiger partial charge < -0.3 is 9.73 Å². The third-order valence-electron chi connectivity index (χ3n) is 4.93. The van der Waals surface area contributed by atoms with Gasteiger partial charge in [0.05, 0.1) is 18.1 Å². The van der Waals surface area contributed by atoms with Gasteiger partial charge >= 0.3 is 0 Å². The predicted molar refractivity (Wildman–Crippen MR) is 119 cm³/mol. The second kappa shape index (κ2) is 9.71. The number of nitrogens with one attached hydrogen (secondary N) is 1. The van der Waals surface area contributed by atoms with Crippen LogP contribution in [0.15, 0.2) is 81.9 Å². The van der Waals surface area contributed by atoms with Crippen molar-refractivity contribution in [3.63, 3.8) is 0 Å². The number of amides is 2. The normalized spacial score (nSPS) is 17.1. The zero-order valence-electron chi connectivity index (χ0n) is 17.1. The molecule has 1 aliphatic heterocycles. The van der Waals surface area contributed by atoms with Crippen LogP contribution in [-0.2, 0) is 22.6 Å². The summed E-state index contributed by atoms with van der Waals surface area (Å²) in [4.78, 5) is 27.4. The Balaban J connectivity index is 1.67. The number of carbonyl (C=O) groups excluding carboxylic acids is 2. The number of halogens is 2. The van der Waals surface area contributed by atoms with Crippen LogP contribution in [0.3, 0.4) is 0 Å². The Hall–Kier alpha value is -3.90. The van der Waals surface area contributed by atoms with E-state index >= 15 is 0 Å². The number of anilines is 1. The molecule has 166 valence electrons. The van der Waals surface area contributed by atoms with E-state index in [9.17, 15) is 23.6 Å². The van der Waals surface area contributed by atoms with E-state index in [4.69, 9.17) is 4.42 Å². The van der Waals surface area contributed by atoms with Gasteiger partial charge in [-0.2, -0.15) is 5.26 Å². The molecule has 0 unspecified atom stereocenters. The standard InChI is InChI=1S/C24H17F2N3O3S/c25-16-5-3-15(4-6-16)12-21-23(31)29(18-9-7-17(26)8-10-18)24(33-21)20(13-27)22(30)28-14-19-2-1-11-32-19/h1-11,21H,12,14H2,(H,28,30)/b24-20-/t21-/m0/s1. The number of benzene rings is 2. The van der Waals surface area contributed by atoms with Gasteiger partial charge in [0.1, 0.15) is 34.1 Å². The van der Waals surface area contributed by atoms with Crippen LogP contribution >= 0.6 is 11.8 Å².